The van der Waals surface area contributed by atoms with E-state index in [-0.39, 0.29) is 17.2 Å². The van der Waals surface area contributed by atoms with Gasteiger partial charge in [-0.3, -0.25) is 10.3 Å². The Bertz CT molecular complexity index is 424. The lowest BCUT2D eigenvalue weighted by Crippen LogP contribution is -2.26. The van der Waals surface area contributed by atoms with E-state index in [2.05, 4.69) is 18.7 Å². The zero-order valence-corrected chi connectivity index (χ0v) is 12.6. The van der Waals surface area contributed by atoms with Crippen LogP contribution in [-0.4, -0.2) is 23.8 Å². The van der Waals surface area contributed by atoms with E-state index in [0.717, 1.165) is 38.8 Å². The van der Waals surface area contributed by atoms with Crippen LogP contribution in [0.4, 0.5) is 4.39 Å². The van der Waals surface area contributed by atoms with Crippen molar-refractivity contribution in [2.45, 2.75) is 46.1 Å². The fourth-order valence-electron chi connectivity index (χ4n) is 2.18. The average molecular weight is 279 g/mol. The predicted molar refractivity (Wildman–Crippen MR) is 82.5 cm³/mol. The Morgan fingerprint density at radius 3 is 2.30 bits per heavy atom. The number of amidine groups is 1. The van der Waals surface area contributed by atoms with E-state index in [9.17, 15) is 4.39 Å². The molecule has 0 aromatic heterocycles. The van der Waals surface area contributed by atoms with Crippen molar-refractivity contribution in [2.75, 3.05) is 13.1 Å². The van der Waals surface area contributed by atoms with Crippen LogP contribution in [0.3, 0.4) is 0 Å². The SMILES string of the molecule is CCCCN(CCCC)Cc1cccc(C(=N)N)c1F. The Kier molecular flexibility index (Phi) is 7.23. The van der Waals surface area contributed by atoms with Crippen molar-refractivity contribution in [3.63, 3.8) is 0 Å². The van der Waals surface area contributed by atoms with Crippen molar-refractivity contribution in [3.05, 3.63) is 35.1 Å². The van der Waals surface area contributed by atoms with E-state index in [1.807, 2.05) is 0 Å². The summed E-state index contributed by atoms with van der Waals surface area (Å²) in [6, 6.07) is 5.11. The molecule has 0 saturated heterocycles. The lowest BCUT2D eigenvalue weighted by Gasteiger charge is -2.22. The average Bonchev–Trinajstić information content (AvgIpc) is 2.43. The van der Waals surface area contributed by atoms with E-state index >= 15 is 0 Å². The first-order chi connectivity index (χ1) is 9.60. The fourth-order valence-corrected chi connectivity index (χ4v) is 2.18. The van der Waals surface area contributed by atoms with Crippen LogP contribution in [0.1, 0.15) is 50.7 Å². The summed E-state index contributed by atoms with van der Waals surface area (Å²) in [5, 5.41) is 7.40. The van der Waals surface area contributed by atoms with Crippen LogP contribution in [0, 0.1) is 11.2 Å². The van der Waals surface area contributed by atoms with Gasteiger partial charge in [0.1, 0.15) is 11.7 Å². The van der Waals surface area contributed by atoms with Gasteiger partial charge in [-0.1, -0.05) is 38.8 Å². The van der Waals surface area contributed by atoms with E-state index in [1.54, 1.807) is 18.2 Å². The lowest BCUT2D eigenvalue weighted by molar-refractivity contribution is 0.253. The summed E-state index contributed by atoms with van der Waals surface area (Å²) in [5.74, 6) is -0.559. The summed E-state index contributed by atoms with van der Waals surface area (Å²) >= 11 is 0. The Balaban J connectivity index is 2.81. The Hall–Kier alpha value is -1.42. The molecule has 0 unspecified atom stereocenters. The number of nitrogen functional groups attached to an aromatic ring is 1. The molecule has 1 aromatic carbocycles. The van der Waals surface area contributed by atoms with Gasteiger partial charge in [0.15, 0.2) is 0 Å². The molecule has 20 heavy (non-hydrogen) atoms. The fraction of sp³-hybridized carbons (Fsp3) is 0.562. The van der Waals surface area contributed by atoms with E-state index in [0.29, 0.717) is 12.1 Å². The van der Waals surface area contributed by atoms with Crippen molar-refractivity contribution in [3.8, 4) is 0 Å². The third-order valence-electron chi connectivity index (χ3n) is 3.42. The molecule has 3 N–H and O–H groups in total. The minimum atomic E-state index is -0.349. The molecule has 0 aliphatic carbocycles. The minimum absolute atomic E-state index is 0.202. The van der Waals surface area contributed by atoms with Crippen LogP contribution in [0.25, 0.3) is 0 Å². The van der Waals surface area contributed by atoms with Crippen molar-refractivity contribution in [2.24, 2.45) is 5.73 Å². The summed E-state index contributed by atoms with van der Waals surface area (Å²) in [7, 11) is 0. The number of nitrogens with one attached hydrogen (secondary N) is 1. The standard InChI is InChI=1S/C16H26FN3/c1-3-5-10-20(11-6-4-2)12-13-8-7-9-14(15(13)17)16(18)19/h7-9H,3-6,10-12H2,1-2H3,(H3,18,19). The molecule has 0 saturated carbocycles. The number of hydrogen-bond acceptors (Lipinski definition) is 2. The molecule has 1 aromatic rings. The molecular formula is C16H26FN3. The molecule has 0 aliphatic rings. The van der Waals surface area contributed by atoms with Crippen molar-refractivity contribution in [1.29, 1.82) is 5.41 Å². The normalized spacial score (nSPS) is 11.0. The molecule has 0 spiro atoms. The highest BCUT2D eigenvalue weighted by Gasteiger charge is 2.13. The minimum Gasteiger partial charge on any atom is -0.384 e. The van der Waals surface area contributed by atoms with Gasteiger partial charge in [0.25, 0.3) is 0 Å². The molecule has 4 heteroatoms. The van der Waals surface area contributed by atoms with Gasteiger partial charge >= 0.3 is 0 Å². The molecule has 1 rings (SSSR count). The lowest BCUT2D eigenvalue weighted by atomic mass is 10.1. The highest BCUT2D eigenvalue weighted by molar-refractivity contribution is 5.95. The third-order valence-corrected chi connectivity index (χ3v) is 3.42. The Morgan fingerprint density at radius 1 is 1.20 bits per heavy atom. The van der Waals surface area contributed by atoms with Gasteiger partial charge in [-0.05, 0) is 32.0 Å². The molecule has 0 atom stereocenters. The zero-order valence-electron chi connectivity index (χ0n) is 12.6. The third kappa shape index (κ3) is 4.93. The number of benzene rings is 1. The first-order valence-electron chi connectivity index (χ1n) is 7.44. The molecule has 0 bridgehead atoms. The number of unbranched alkanes of at least 4 members (excludes halogenated alkanes) is 2. The second-order valence-corrected chi connectivity index (χ2v) is 5.18. The van der Waals surface area contributed by atoms with Gasteiger partial charge < -0.3 is 5.73 Å². The largest absolute Gasteiger partial charge is 0.384 e. The molecule has 0 fully saturated rings. The van der Waals surface area contributed by atoms with Crippen LogP contribution in [0.15, 0.2) is 18.2 Å². The molecule has 112 valence electrons. The number of hydrogen-bond donors (Lipinski definition) is 2. The number of nitrogens with two attached hydrogens (primary N) is 1. The summed E-state index contributed by atoms with van der Waals surface area (Å²) in [6.07, 6.45) is 4.52. The van der Waals surface area contributed by atoms with E-state index in [4.69, 9.17) is 11.1 Å². The monoisotopic (exact) mass is 279 g/mol. The van der Waals surface area contributed by atoms with Crippen molar-refractivity contribution >= 4 is 5.84 Å². The van der Waals surface area contributed by atoms with Gasteiger partial charge in [0, 0.05) is 12.1 Å². The van der Waals surface area contributed by atoms with Crippen LogP contribution >= 0.6 is 0 Å². The number of nitrogens with zero attached hydrogens (tertiary/aromatic N) is 1. The van der Waals surface area contributed by atoms with Gasteiger partial charge in [-0.15, -0.1) is 0 Å². The van der Waals surface area contributed by atoms with Crippen LogP contribution in [0.2, 0.25) is 0 Å². The Labute approximate surface area is 121 Å². The maximum Gasteiger partial charge on any atom is 0.138 e. The maximum absolute atomic E-state index is 14.3. The highest BCUT2D eigenvalue weighted by atomic mass is 19.1. The van der Waals surface area contributed by atoms with Gasteiger partial charge in [0.05, 0.1) is 5.56 Å². The topological polar surface area (TPSA) is 53.1 Å². The Morgan fingerprint density at radius 2 is 1.80 bits per heavy atom. The first kappa shape index (κ1) is 16.6. The molecule has 3 nitrogen and oxygen atoms in total. The van der Waals surface area contributed by atoms with Crippen LogP contribution in [0.5, 0.6) is 0 Å². The summed E-state index contributed by atoms with van der Waals surface area (Å²) < 4.78 is 14.3. The first-order valence-corrected chi connectivity index (χ1v) is 7.44. The molecule has 0 amide bonds. The quantitative estimate of drug-likeness (QED) is 0.537. The summed E-state index contributed by atoms with van der Waals surface area (Å²) in [4.78, 5) is 2.29. The summed E-state index contributed by atoms with van der Waals surface area (Å²) in [6.45, 7) is 6.89. The van der Waals surface area contributed by atoms with Gasteiger partial charge in [-0.2, -0.15) is 0 Å². The van der Waals surface area contributed by atoms with Gasteiger partial charge in [-0.25, -0.2) is 4.39 Å². The molecule has 0 aliphatic heterocycles. The zero-order chi connectivity index (χ0) is 15.0. The van der Waals surface area contributed by atoms with Crippen molar-refractivity contribution < 1.29 is 4.39 Å². The van der Waals surface area contributed by atoms with E-state index in [1.165, 1.54) is 0 Å². The van der Waals surface area contributed by atoms with Crippen molar-refractivity contribution in [1.82, 2.24) is 4.90 Å². The van der Waals surface area contributed by atoms with E-state index < -0.39 is 0 Å². The smallest absolute Gasteiger partial charge is 0.138 e. The van der Waals surface area contributed by atoms with Gasteiger partial charge in [0.2, 0.25) is 0 Å². The maximum atomic E-state index is 14.3. The number of halogens is 1. The molecule has 0 heterocycles. The van der Waals surface area contributed by atoms with Crippen LogP contribution < -0.4 is 5.73 Å². The second-order valence-electron chi connectivity index (χ2n) is 5.18. The second kappa shape index (κ2) is 8.69. The predicted octanol–water partition coefficient (Wildman–Crippen LogP) is 3.51. The highest BCUT2D eigenvalue weighted by Crippen LogP contribution is 2.15. The number of rotatable bonds is 9. The molecular weight excluding hydrogens is 253 g/mol. The summed E-state index contributed by atoms with van der Waals surface area (Å²) in [5.41, 5.74) is 6.24. The molecule has 0 radical (unpaired) electrons. The van der Waals surface area contributed by atoms with Crippen LogP contribution in [-0.2, 0) is 6.54 Å².